The Kier molecular flexibility index (Phi) is 4.70. The van der Waals surface area contributed by atoms with Crippen LogP contribution in [0.15, 0.2) is 34.5 Å². The van der Waals surface area contributed by atoms with Crippen LogP contribution in [-0.2, 0) is 16.4 Å². The second-order valence-electron chi connectivity index (χ2n) is 4.20. The molecule has 0 fully saturated rings. The molecule has 1 heterocycles. The number of thiophene rings is 1. The minimum Gasteiger partial charge on any atom is -0.396 e. The van der Waals surface area contributed by atoms with Crippen molar-refractivity contribution in [3.05, 3.63) is 45.1 Å². The molecule has 0 amide bonds. The Morgan fingerprint density at radius 1 is 1.35 bits per heavy atom. The number of benzene rings is 1. The summed E-state index contributed by atoms with van der Waals surface area (Å²) in [4.78, 5) is 0.960. The fourth-order valence-electron chi connectivity index (χ4n) is 1.81. The van der Waals surface area contributed by atoms with Gasteiger partial charge in [0.05, 0.1) is 10.6 Å². The molecule has 20 heavy (non-hydrogen) atoms. The number of hydrogen-bond donors (Lipinski definition) is 2. The van der Waals surface area contributed by atoms with Crippen LogP contribution in [0, 0.1) is 6.92 Å². The van der Waals surface area contributed by atoms with Crippen LogP contribution in [0.4, 0.5) is 5.69 Å². The molecule has 1 aromatic heterocycles. The number of anilines is 1. The van der Waals surface area contributed by atoms with Crippen LogP contribution in [0.5, 0.6) is 0 Å². The lowest BCUT2D eigenvalue weighted by Crippen LogP contribution is -2.15. The third-order valence-electron chi connectivity index (χ3n) is 2.84. The molecule has 2 aromatic rings. The maximum absolute atomic E-state index is 12.4. The van der Waals surface area contributed by atoms with Gasteiger partial charge in [0, 0.05) is 22.9 Å². The van der Waals surface area contributed by atoms with E-state index in [-0.39, 0.29) is 11.5 Å². The van der Waals surface area contributed by atoms with Crippen molar-refractivity contribution in [2.45, 2.75) is 18.2 Å². The molecule has 0 radical (unpaired) electrons. The van der Waals surface area contributed by atoms with Gasteiger partial charge in [0.1, 0.15) is 0 Å². The molecule has 0 atom stereocenters. The SMILES string of the molecule is Cc1c(Cl)cccc1S(=O)(=O)Nc1ccsc1CCO. The summed E-state index contributed by atoms with van der Waals surface area (Å²) in [5.74, 6) is 0. The Hall–Kier alpha value is -1.08. The predicted molar refractivity (Wildman–Crippen MR) is 82.1 cm³/mol. The first kappa shape index (κ1) is 15.3. The van der Waals surface area contributed by atoms with Crippen molar-refractivity contribution in [2.75, 3.05) is 11.3 Å². The first-order chi connectivity index (χ1) is 9.45. The van der Waals surface area contributed by atoms with E-state index in [1.165, 1.54) is 17.4 Å². The average molecular weight is 332 g/mol. The minimum atomic E-state index is -3.69. The predicted octanol–water partition coefficient (Wildman–Crippen LogP) is 3.05. The van der Waals surface area contributed by atoms with Crippen LogP contribution in [0.1, 0.15) is 10.4 Å². The van der Waals surface area contributed by atoms with Gasteiger partial charge in [-0.05, 0) is 36.1 Å². The quantitative estimate of drug-likeness (QED) is 0.885. The van der Waals surface area contributed by atoms with Gasteiger partial charge in [0.25, 0.3) is 10.0 Å². The van der Waals surface area contributed by atoms with Gasteiger partial charge >= 0.3 is 0 Å². The molecular weight excluding hydrogens is 318 g/mol. The lowest BCUT2D eigenvalue weighted by molar-refractivity contribution is 0.301. The van der Waals surface area contributed by atoms with E-state index in [4.69, 9.17) is 16.7 Å². The Morgan fingerprint density at radius 3 is 2.80 bits per heavy atom. The van der Waals surface area contributed by atoms with Crippen molar-refractivity contribution >= 4 is 38.6 Å². The largest absolute Gasteiger partial charge is 0.396 e. The summed E-state index contributed by atoms with van der Waals surface area (Å²) in [5.41, 5.74) is 1.02. The fraction of sp³-hybridized carbons (Fsp3) is 0.231. The van der Waals surface area contributed by atoms with Crippen molar-refractivity contribution in [1.29, 1.82) is 0 Å². The van der Waals surface area contributed by atoms with E-state index in [1.54, 1.807) is 30.5 Å². The van der Waals surface area contributed by atoms with Crippen LogP contribution in [0.3, 0.4) is 0 Å². The highest BCUT2D eigenvalue weighted by Crippen LogP contribution is 2.28. The molecule has 2 rings (SSSR count). The summed E-state index contributed by atoms with van der Waals surface area (Å²) in [6.45, 7) is 1.64. The van der Waals surface area contributed by atoms with E-state index in [0.717, 1.165) is 4.88 Å². The van der Waals surface area contributed by atoms with E-state index in [1.807, 2.05) is 0 Å². The maximum atomic E-state index is 12.4. The highest BCUT2D eigenvalue weighted by Gasteiger charge is 2.19. The summed E-state index contributed by atoms with van der Waals surface area (Å²) >= 11 is 7.36. The van der Waals surface area contributed by atoms with Crippen molar-refractivity contribution in [3.8, 4) is 0 Å². The third-order valence-corrected chi connectivity index (χ3v) is 5.74. The van der Waals surface area contributed by atoms with Gasteiger partial charge in [-0.1, -0.05) is 17.7 Å². The van der Waals surface area contributed by atoms with Gasteiger partial charge in [-0.3, -0.25) is 4.72 Å². The number of nitrogens with one attached hydrogen (secondary N) is 1. The first-order valence-electron chi connectivity index (χ1n) is 5.91. The normalized spacial score (nSPS) is 11.6. The summed E-state index contributed by atoms with van der Waals surface area (Å²) in [5, 5.41) is 11.2. The van der Waals surface area contributed by atoms with Crippen molar-refractivity contribution in [2.24, 2.45) is 0 Å². The van der Waals surface area contributed by atoms with Crippen molar-refractivity contribution < 1.29 is 13.5 Å². The molecule has 0 unspecified atom stereocenters. The van der Waals surface area contributed by atoms with Crippen LogP contribution in [-0.4, -0.2) is 20.1 Å². The highest BCUT2D eigenvalue weighted by atomic mass is 35.5. The fourth-order valence-corrected chi connectivity index (χ4v) is 4.29. The van der Waals surface area contributed by atoms with E-state index < -0.39 is 10.0 Å². The van der Waals surface area contributed by atoms with Gasteiger partial charge in [0.2, 0.25) is 0 Å². The lowest BCUT2D eigenvalue weighted by Gasteiger charge is -2.11. The summed E-state index contributed by atoms with van der Waals surface area (Å²) in [6, 6.07) is 6.46. The smallest absolute Gasteiger partial charge is 0.262 e. The Balaban J connectivity index is 2.36. The molecule has 0 spiro atoms. The Labute approximate surface area is 127 Å². The molecule has 0 aliphatic carbocycles. The summed E-state index contributed by atoms with van der Waals surface area (Å²) in [7, 11) is -3.69. The van der Waals surface area contributed by atoms with E-state index in [0.29, 0.717) is 22.7 Å². The zero-order valence-corrected chi connectivity index (χ0v) is 13.1. The summed E-state index contributed by atoms with van der Waals surface area (Å²) in [6.07, 6.45) is 0.421. The third kappa shape index (κ3) is 3.15. The number of rotatable bonds is 5. The van der Waals surface area contributed by atoms with Crippen LogP contribution >= 0.6 is 22.9 Å². The van der Waals surface area contributed by atoms with Crippen LogP contribution < -0.4 is 4.72 Å². The van der Waals surface area contributed by atoms with E-state index in [9.17, 15) is 8.42 Å². The second-order valence-corrected chi connectivity index (χ2v) is 7.26. The summed E-state index contributed by atoms with van der Waals surface area (Å²) < 4.78 is 27.4. The topological polar surface area (TPSA) is 66.4 Å². The van der Waals surface area contributed by atoms with E-state index in [2.05, 4.69) is 4.72 Å². The Bertz CT molecular complexity index is 710. The standard InChI is InChI=1S/C13H14ClNO3S2/c1-9-10(14)3-2-4-13(9)20(17,18)15-11-6-8-19-12(11)5-7-16/h2-4,6,8,15-16H,5,7H2,1H3. The van der Waals surface area contributed by atoms with Gasteiger partial charge < -0.3 is 5.11 Å². The maximum Gasteiger partial charge on any atom is 0.262 e. The molecule has 0 saturated carbocycles. The molecule has 0 bridgehead atoms. The number of halogens is 1. The molecule has 7 heteroatoms. The Morgan fingerprint density at radius 2 is 2.10 bits per heavy atom. The van der Waals surface area contributed by atoms with Crippen LogP contribution in [0.25, 0.3) is 0 Å². The molecule has 0 aliphatic rings. The molecule has 1 aromatic carbocycles. The van der Waals surface area contributed by atoms with Gasteiger partial charge in [-0.25, -0.2) is 8.42 Å². The first-order valence-corrected chi connectivity index (χ1v) is 8.65. The highest BCUT2D eigenvalue weighted by molar-refractivity contribution is 7.92. The van der Waals surface area contributed by atoms with Crippen molar-refractivity contribution in [3.63, 3.8) is 0 Å². The molecule has 0 saturated heterocycles. The molecule has 4 nitrogen and oxygen atoms in total. The van der Waals surface area contributed by atoms with Crippen molar-refractivity contribution in [1.82, 2.24) is 0 Å². The molecule has 108 valence electrons. The number of sulfonamides is 1. The average Bonchev–Trinajstić information content (AvgIpc) is 2.80. The minimum absolute atomic E-state index is 0.0224. The van der Waals surface area contributed by atoms with E-state index >= 15 is 0 Å². The molecule has 2 N–H and O–H groups in total. The van der Waals surface area contributed by atoms with Crippen LogP contribution in [0.2, 0.25) is 5.02 Å². The molecular formula is C13H14ClNO3S2. The lowest BCUT2D eigenvalue weighted by atomic mass is 10.2. The van der Waals surface area contributed by atoms with Gasteiger partial charge in [-0.15, -0.1) is 11.3 Å². The number of aliphatic hydroxyl groups is 1. The second kappa shape index (κ2) is 6.13. The zero-order valence-electron chi connectivity index (χ0n) is 10.8. The van der Waals surface area contributed by atoms with Gasteiger partial charge in [-0.2, -0.15) is 0 Å². The molecule has 0 aliphatic heterocycles. The number of aliphatic hydroxyl groups excluding tert-OH is 1. The monoisotopic (exact) mass is 331 g/mol. The zero-order chi connectivity index (χ0) is 14.8. The number of hydrogen-bond acceptors (Lipinski definition) is 4. The van der Waals surface area contributed by atoms with Gasteiger partial charge in [0.15, 0.2) is 0 Å².